The summed E-state index contributed by atoms with van der Waals surface area (Å²) >= 11 is 0. The number of benzene rings is 1. The van der Waals surface area contributed by atoms with E-state index in [0.717, 1.165) is 5.52 Å². The van der Waals surface area contributed by atoms with Crippen molar-refractivity contribution >= 4 is 11.0 Å². The number of alkyl halides is 5. The second-order valence-electron chi connectivity index (χ2n) is 5.40. The Morgan fingerprint density at radius 2 is 1.81 bits per heavy atom. The molecule has 1 aromatic carbocycles. The monoisotopic (exact) mass is 388 g/mol. The van der Waals surface area contributed by atoms with E-state index in [0.29, 0.717) is 16.9 Å². The molecule has 0 fully saturated rings. The third-order valence-electron chi connectivity index (χ3n) is 3.59. The van der Waals surface area contributed by atoms with E-state index in [1.807, 2.05) is 6.07 Å². The molecule has 2 aromatic heterocycles. The van der Waals surface area contributed by atoms with Gasteiger partial charge < -0.3 is 16.0 Å². The lowest BCUT2D eigenvalue weighted by molar-refractivity contribution is -0.751. The van der Waals surface area contributed by atoms with Crippen LogP contribution in [0.3, 0.4) is 0 Å². The van der Waals surface area contributed by atoms with E-state index in [1.165, 1.54) is 22.2 Å². The summed E-state index contributed by atoms with van der Waals surface area (Å²) in [6, 6.07) is 5.42. The van der Waals surface area contributed by atoms with Crippen molar-refractivity contribution in [2.75, 3.05) is 0 Å². The van der Waals surface area contributed by atoms with Crippen molar-refractivity contribution in [1.29, 1.82) is 0 Å². The molecule has 0 saturated heterocycles. The Hall–Kier alpha value is -3.21. The number of aryl methyl sites for hydroxylation is 1. The van der Waals surface area contributed by atoms with Gasteiger partial charge in [0.2, 0.25) is 0 Å². The zero-order chi connectivity index (χ0) is 20.1. The van der Waals surface area contributed by atoms with E-state index in [4.69, 9.17) is 11.1 Å². The first-order valence-electron chi connectivity index (χ1n) is 7.49. The zero-order valence-corrected chi connectivity index (χ0v) is 13.6. The lowest BCUT2D eigenvalue weighted by Gasteiger charge is -2.18. The Morgan fingerprint density at radius 1 is 1.11 bits per heavy atom. The molecule has 0 aliphatic rings. The van der Waals surface area contributed by atoms with Crippen LogP contribution in [0.5, 0.6) is 0 Å². The Morgan fingerprint density at radius 3 is 2.48 bits per heavy atom. The van der Waals surface area contributed by atoms with Gasteiger partial charge in [0.1, 0.15) is 12.1 Å². The summed E-state index contributed by atoms with van der Waals surface area (Å²) in [5.74, 6) is -4.23. The zero-order valence-electron chi connectivity index (χ0n) is 13.6. The quantitative estimate of drug-likeness (QED) is 0.225. The van der Waals surface area contributed by atoms with Crippen LogP contribution in [0.15, 0.2) is 30.9 Å². The van der Waals surface area contributed by atoms with Gasteiger partial charge in [-0.15, -0.1) is 0 Å². The molecule has 0 amide bonds. The molecule has 0 saturated carbocycles. The minimum absolute atomic E-state index is 0.0325. The van der Waals surface area contributed by atoms with Gasteiger partial charge in [-0.25, -0.2) is 4.98 Å². The Kier molecular flexibility index (Phi) is 5.95. The highest BCUT2D eigenvalue weighted by Crippen LogP contribution is 2.38. The standard InChI is InChI=1S/C14H12F5N5.N3/c15-13(16,14(17,18)19)5-2-6-24-8-22-12(23-24)9-3-1-4-10-11(9)21-7-20-10;1-3-2/h1,3-4,7-8H,2,5-6H2,(H,20,21,23);/q;-1/p+1. The van der Waals surface area contributed by atoms with Crippen molar-refractivity contribution in [2.24, 2.45) is 0 Å². The van der Waals surface area contributed by atoms with E-state index >= 15 is 0 Å². The van der Waals surface area contributed by atoms with E-state index in [1.54, 1.807) is 12.1 Å². The van der Waals surface area contributed by atoms with Crippen LogP contribution in [0.4, 0.5) is 22.0 Å². The molecule has 0 aliphatic carbocycles. The molecule has 8 nitrogen and oxygen atoms in total. The number of nitrogens with zero attached hydrogens (tertiary/aromatic N) is 6. The van der Waals surface area contributed by atoms with Gasteiger partial charge in [0.05, 0.1) is 17.4 Å². The maximum Gasteiger partial charge on any atom is 0.453 e. The third kappa shape index (κ3) is 4.70. The molecule has 2 heterocycles. The second kappa shape index (κ2) is 7.99. The lowest BCUT2D eigenvalue weighted by Crippen LogP contribution is -2.39. The van der Waals surface area contributed by atoms with E-state index in [-0.39, 0.29) is 13.0 Å². The van der Waals surface area contributed by atoms with Gasteiger partial charge in [-0.1, -0.05) is 6.07 Å². The van der Waals surface area contributed by atoms with Gasteiger partial charge in [-0.05, 0) is 23.5 Å². The van der Waals surface area contributed by atoms with Gasteiger partial charge in [-0.2, -0.15) is 31.7 Å². The summed E-state index contributed by atoms with van der Waals surface area (Å²) in [5.41, 5.74) is 15.7. The van der Waals surface area contributed by atoms with Gasteiger partial charge >= 0.3 is 18.4 Å². The van der Waals surface area contributed by atoms with E-state index in [2.05, 4.69) is 20.1 Å². The molecular formula is C14H13F5N8. The van der Waals surface area contributed by atoms with Crippen LogP contribution in [0.25, 0.3) is 38.4 Å². The third-order valence-corrected chi connectivity index (χ3v) is 3.59. The fourth-order valence-corrected chi connectivity index (χ4v) is 2.33. The summed E-state index contributed by atoms with van der Waals surface area (Å²) in [6.07, 6.45) is -4.25. The minimum atomic E-state index is -5.52. The van der Waals surface area contributed by atoms with Crippen molar-refractivity contribution in [1.82, 2.24) is 20.1 Å². The van der Waals surface area contributed by atoms with Crippen LogP contribution in [0.1, 0.15) is 12.8 Å². The highest BCUT2D eigenvalue weighted by Gasteiger charge is 2.56. The SMILES string of the molecule is FC(F)(F)C(F)(F)CCC[n+]1cnc(-c2cccc3[nH]cnc23)[nH]1.[N-]=[N+]=[N-]. The Labute approximate surface area is 148 Å². The number of rotatable bonds is 5. The molecule has 0 atom stereocenters. The average Bonchev–Trinajstić information content (AvgIpc) is 3.23. The van der Waals surface area contributed by atoms with E-state index < -0.39 is 18.5 Å². The van der Waals surface area contributed by atoms with Gasteiger partial charge in [0.25, 0.3) is 5.82 Å². The molecule has 27 heavy (non-hydrogen) atoms. The predicted molar refractivity (Wildman–Crippen MR) is 84.2 cm³/mol. The molecule has 2 N–H and O–H groups in total. The smallest absolute Gasteiger partial charge is 0.373 e. The van der Waals surface area contributed by atoms with Gasteiger partial charge in [-0.3, -0.25) is 4.91 Å². The molecule has 0 unspecified atom stereocenters. The normalized spacial score (nSPS) is 11.7. The van der Waals surface area contributed by atoms with Crippen molar-refractivity contribution in [2.45, 2.75) is 31.5 Å². The number of imidazole rings is 1. The van der Waals surface area contributed by atoms with Crippen LogP contribution in [0, 0.1) is 0 Å². The second-order valence-corrected chi connectivity index (χ2v) is 5.40. The number of fused-ring (bicyclic) bond motifs is 1. The van der Waals surface area contributed by atoms with Crippen LogP contribution >= 0.6 is 0 Å². The van der Waals surface area contributed by atoms with E-state index in [9.17, 15) is 22.0 Å². The number of H-pyrrole nitrogens is 2. The number of para-hydroxylation sites is 1. The van der Waals surface area contributed by atoms with Gasteiger partial charge in [0.15, 0.2) is 0 Å². The number of aromatic amines is 2. The number of aromatic nitrogens is 5. The summed E-state index contributed by atoms with van der Waals surface area (Å²) in [6.45, 7) is -0.0325. The molecule has 0 radical (unpaired) electrons. The fourth-order valence-electron chi connectivity index (χ4n) is 2.33. The van der Waals surface area contributed by atoms with Crippen molar-refractivity contribution < 1.29 is 26.6 Å². The number of halogens is 5. The minimum Gasteiger partial charge on any atom is -0.373 e. The largest absolute Gasteiger partial charge is 0.453 e. The lowest BCUT2D eigenvalue weighted by atomic mass is 10.2. The predicted octanol–water partition coefficient (Wildman–Crippen LogP) is 4.08. The summed E-state index contributed by atoms with van der Waals surface area (Å²) in [4.78, 5) is 12.8. The fraction of sp³-hybridized carbons (Fsp3) is 0.357. The van der Waals surface area contributed by atoms with Crippen molar-refractivity contribution in [3.63, 3.8) is 0 Å². The summed E-state index contributed by atoms with van der Waals surface area (Å²) in [7, 11) is 0. The molecule has 3 aromatic rings. The van der Waals surface area contributed by atoms with Crippen LogP contribution in [-0.4, -0.2) is 32.1 Å². The number of hydrogen-bond acceptors (Lipinski definition) is 2. The van der Waals surface area contributed by atoms with Crippen molar-refractivity contribution in [3.05, 3.63) is 46.8 Å². The Balaban J connectivity index is 0.000000817. The first-order valence-corrected chi connectivity index (χ1v) is 7.49. The van der Waals surface area contributed by atoms with Crippen molar-refractivity contribution in [3.8, 4) is 11.4 Å². The van der Waals surface area contributed by atoms with Crippen LogP contribution < -0.4 is 4.68 Å². The average molecular weight is 388 g/mol. The maximum absolute atomic E-state index is 12.9. The van der Waals surface area contributed by atoms with Crippen LogP contribution in [0.2, 0.25) is 0 Å². The molecule has 3 rings (SSSR count). The molecule has 0 bridgehead atoms. The number of nitrogens with one attached hydrogen (secondary N) is 2. The molecule has 0 aliphatic heterocycles. The first kappa shape index (κ1) is 20.1. The highest BCUT2D eigenvalue weighted by molar-refractivity contribution is 5.89. The molecule has 144 valence electrons. The summed E-state index contributed by atoms with van der Waals surface area (Å²) in [5, 5.41) is 2.86. The topological polar surface area (TPSA) is 120 Å². The van der Waals surface area contributed by atoms with Gasteiger partial charge in [0, 0.05) is 6.42 Å². The summed E-state index contributed by atoms with van der Waals surface area (Å²) < 4.78 is 63.5. The Bertz CT molecular complexity index is 923. The molecule has 0 spiro atoms. The van der Waals surface area contributed by atoms with Crippen LogP contribution in [-0.2, 0) is 6.54 Å². The number of hydrogen-bond donors (Lipinski definition) is 2. The molecule has 13 heteroatoms. The molecular weight excluding hydrogens is 375 g/mol. The highest BCUT2D eigenvalue weighted by atomic mass is 19.4. The maximum atomic E-state index is 12.9. The first-order chi connectivity index (χ1) is 12.7.